The molecule has 0 saturated carbocycles. The zero-order valence-corrected chi connectivity index (χ0v) is 11.9. The van der Waals surface area contributed by atoms with Gasteiger partial charge in [-0.3, -0.25) is 4.79 Å². The molecule has 0 aromatic heterocycles. The molecule has 1 aromatic rings. The van der Waals surface area contributed by atoms with E-state index in [1.54, 1.807) is 6.07 Å². The van der Waals surface area contributed by atoms with Crippen LogP contribution in [0, 0.1) is 5.82 Å². The molecule has 1 aromatic carbocycles. The van der Waals surface area contributed by atoms with Gasteiger partial charge in [-0.1, -0.05) is 0 Å². The van der Waals surface area contributed by atoms with Gasteiger partial charge in [0.25, 0.3) is 5.91 Å². The third-order valence-electron chi connectivity index (χ3n) is 3.08. The lowest BCUT2D eigenvalue weighted by Gasteiger charge is -2.13. The third-order valence-corrected chi connectivity index (χ3v) is 3.08. The lowest BCUT2D eigenvalue weighted by Crippen LogP contribution is -2.29. The van der Waals surface area contributed by atoms with E-state index in [4.69, 9.17) is 15.2 Å². The first-order valence-electron chi connectivity index (χ1n) is 6.14. The second-order valence-corrected chi connectivity index (χ2v) is 4.40. The number of ether oxygens (including phenoxy) is 2. The van der Waals surface area contributed by atoms with Gasteiger partial charge in [0.15, 0.2) is 11.6 Å². The molecule has 1 aliphatic heterocycles. The van der Waals surface area contributed by atoms with Gasteiger partial charge in [-0.2, -0.15) is 0 Å². The molecule has 3 N–H and O–H groups in total. The van der Waals surface area contributed by atoms with Gasteiger partial charge in [-0.05, 0) is 25.0 Å². The highest BCUT2D eigenvalue weighted by Gasteiger charge is 2.29. The molecular weight excluding hydrogens is 287 g/mol. The van der Waals surface area contributed by atoms with Crippen LogP contribution in [0.25, 0.3) is 0 Å². The maximum absolute atomic E-state index is 13.5. The first-order valence-corrected chi connectivity index (χ1v) is 6.14. The molecule has 1 saturated heterocycles. The predicted molar refractivity (Wildman–Crippen MR) is 75.8 cm³/mol. The van der Waals surface area contributed by atoms with E-state index in [0.717, 1.165) is 6.42 Å². The van der Waals surface area contributed by atoms with E-state index < -0.39 is 11.9 Å². The maximum Gasteiger partial charge on any atom is 0.253 e. The molecule has 5 nitrogen and oxygen atoms in total. The van der Waals surface area contributed by atoms with Crippen molar-refractivity contribution < 1.29 is 18.7 Å². The van der Waals surface area contributed by atoms with Crippen LogP contribution in [0.2, 0.25) is 0 Å². The Bertz CT molecular complexity index is 473. The van der Waals surface area contributed by atoms with Crippen molar-refractivity contribution in [1.82, 2.24) is 0 Å². The minimum absolute atomic E-state index is 0. The summed E-state index contributed by atoms with van der Waals surface area (Å²) in [6.45, 7) is 0.404. The molecule has 0 bridgehead atoms. The van der Waals surface area contributed by atoms with Crippen LogP contribution in [0.5, 0.6) is 5.75 Å². The van der Waals surface area contributed by atoms with Crippen LogP contribution < -0.4 is 15.8 Å². The summed E-state index contributed by atoms with van der Waals surface area (Å²) >= 11 is 0. The Morgan fingerprint density at radius 3 is 2.85 bits per heavy atom. The number of hydrogen-bond acceptors (Lipinski definition) is 4. The van der Waals surface area contributed by atoms with Crippen molar-refractivity contribution in [1.29, 1.82) is 0 Å². The Hall–Kier alpha value is -1.37. The lowest BCUT2D eigenvalue weighted by atomic mass is 10.2. The van der Waals surface area contributed by atoms with E-state index >= 15 is 0 Å². The molecule has 2 atom stereocenters. The number of anilines is 1. The van der Waals surface area contributed by atoms with Crippen LogP contribution in [0.4, 0.5) is 10.1 Å². The topological polar surface area (TPSA) is 73.6 Å². The van der Waals surface area contributed by atoms with Crippen LogP contribution in [0.3, 0.4) is 0 Å². The van der Waals surface area contributed by atoms with Gasteiger partial charge in [0.05, 0.1) is 13.2 Å². The number of nitrogens with one attached hydrogen (secondary N) is 1. The minimum atomic E-state index is -0.521. The summed E-state index contributed by atoms with van der Waals surface area (Å²) < 4.78 is 23.7. The summed E-state index contributed by atoms with van der Waals surface area (Å²) in [5.74, 6) is -0.661. The number of rotatable bonds is 4. The van der Waals surface area contributed by atoms with Gasteiger partial charge in [0, 0.05) is 18.3 Å². The monoisotopic (exact) mass is 304 g/mol. The number of carbonyl (C=O) groups excluding carboxylic acids is 1. The van der Waals surface area contributed by atoms with Gasteiger partial charge in [-0.25, -0.2) is 4.39 Å². The normalized spacial score (nSPS) is 21.1. The summed E-state index contributed by atoms with van der Waals surface area (Å²) in [5, 5.41) is 2.62. The van der Waals surface area contributed by atoms with Crippen molar-refractivity contribution in [2.45, 2.75) is 25.0 Å². The quantitative estimate of drug-likeness (QED) is 0.888. The summed E-state index contributed by atoms with van der Waals surface area (Å²) in [7, 11) is 1.38. The Morgan fingerprint density at radius 2 is 2.30 bits per heavy atom. The number of halogens is 2. The highest BCUT2D eigenvalue weighted by Crippen LogP contribution is 2.23. The largest absolute Gasteiger partial charge is 0.494 e. The molecule has 1 fully saturated rings. The molecule has 1 aliphatic rings. The van der Waals surface area contributed by atoms with E-state index in [1.807, 2.05) is 0 Å². The fourth-order valence-electron chi connectivity index (χ4n) is 2.04. The molecule has 0 spiro atoms. The fraction of sp³-hybridized carbons (Fsp3) is 0.462. The SMILES string of the molecule is COc1ccc(NC(=O)[C@@H]2CC[C@H](CN)O2)cc1F.Cl. The Labute approximate surface area is 123 Å². The molecule has 112 valence electrons. The minimum Gasteiger partial charge on any atom is -0.494 e. The van der Waals surface area contributed by atoms with Crippen LogP contribution in [-0.4, -0.2) is 31.8 Å². The Balaban J connectivity index is 0.00000200. The van der Waals surface area contributed by atoms with Crippen molar-refractivity contribution in [3.8, 4) is 5.75 Å². The Morgan fingerprint density at radius 1 is 1.55 bits per heavy atom. The van der Waals surface area contributed by atoms with Crippen LogP contribution in [-0.2, 0) is 9.53 Å². The second kappa shape index (κ2) is 7.42. The van der Waals surface area contributed by atoms with Crippen molar-refractivity contribution >= 4 is 24.0 Å². The molecule has 0 aliphatic carbocycles. The van der Waals surface area contributed by atoms with Crippen molar-refractivity contribution in [2.75, 3.05) is 19.0 Å². The molecular formula is C13H18ClFN2O3. The number of amides is 1. The molecule has 2 rings (SSSR count). The molecule has 0 radical (unpaired) electrons. The fourth-order valence-corrected chi connectivity index (χ4v) is 2.04. The van der Waals surface area contributed by atoms with Gasteiger partial charge < -0.3 is 20.5 Å². The average molecular weight is 305 g/mol. The second-order valence-electron chi connectivity index (χ2n) is 4.40. The molecule has 7 heteroatoms. The van der Waals surface area contributed by atoms with Crippen LogP contribution in [0.15, 0.2) is 18.2 Å². The molecule has 20 heavy (non-hydrogen) atoms. The average Bonchev–Trinajstić information content (AvgIpc) is 2.88. The number of carbonyl (C=O) groups is 1. The first-order chi connectivity index (χ1) is 9.13. The number of benzene rings is 1. The van der Waals surface area contributed by atoms with E-state index in [9.17, 15) is 9.18 Å². The smallest absolute Gasteiger partial charge is 0.253 e. The predicted octanol–water partition coefficient (Wildman–Crippen LogP) is 1.70. The standard InChI is InChI=1S/C13H17FN2O3.ClH/c1-18-11-4-2-8(6-10(11)14)16-13(17)12-5-3-9(7-15)19-12;/h2,4,6,9,12H,3,5,7,15H2,1H3,(H,16,17);1H/t9-,12+;/m1./s1. The summed E-state index contributed by atoms with van der Waals surface area (Å²) in [4.78, 5) is 11.9. The van der Waals surface area contributed by atoms with E-state index in [-0.39, 0.29) is 30.2 Å². The summed E-state index contributed by atoms with van der Waals surface area (Å²) in [6, 6.07) is 4.25. The third kappa shape index (κ3) is 3.82. The van der Waals surface area contributed by atoms with E-state index in [2.05, 4.69) is 5.32 Å². The van der Waals surface area contributed by atoms with Crippen molar-refractivity contribution in [2.24, 2.45) is 5.73 Å². The van der Waals surface area contributed by atoms with Crippen LogP contribution in [0.1, 0.15) is 12.8 Å². The zero-order chi connectivity index (χ0) is 13.8. The van der Waals surface area contributed by atoms with Gasteiger partial charge in [0.1, 0.15) is 6.10 Å². The highest BCUT2D eigenvalue weighted by atomic mass is 35.5. The molecule has 1 amide bonds. The molecule has 1 heterocycles. The summed E-state index contributed by atoms with van der Waals surface area (Å²) in [6.07, 6.45) is 0.819. The zero-order valence-electron chi connectivity index (χ0n) is 11.1. The molecule has 0 unspecified atom stereocenters. The van der Waals surface area contributed by atoms with Gasteiger partial charge >= 0.3 is 0 Å². The van der Waals surface area contributed by atoms with E-state index in [0.29, 0.717) is 18.7 Å². The van der Waals surface area contributed by atoms with Crippen molar-refractivity contribution in [3.63, 3.8) is 0 Å². The highest BCUT2D eigenvalue weighted by molar-refractivity contribution is 5.94. The van der Waals surface area contributed by atoms with Crippen molar-refractivity contribution in [3.05, 3.63) is 24.0 Å². The number of hydrogen-bond donors (Lipinski definition) is 2. The van der Waals surface area contributed by atoms with Crippen LogP contribution >= 0.6 is 12.4 Å². The Kier molecular flexibility index (Phi) is 6.19. The first kappa shape index (κ1) is 16.7. The lowest BCUT2D eigenvalue weighted by molar-refractivity contribution is -0.126. The number of methoxy groups -OCH3 is 1. The van der Waals surface area contributed by atoms with Gasteiger partial charge in [0.2, 0.25) is 0 Å². The van der Waals surface area contributed by atoms with E-state index in [1.165, 1.54) is 19.2 Å². The number of nitrogens with two attached hydrogens (primary N) is 1. The maximum atomic E-state index is 13.5. The van der Waals surface area contributed by atoms with Gasteiger partial charge in [-0.15, -0.1) is 12.4 Å². The summed E-state index contributed by atoms with van der Waals surface area (Å²) in [5.41, 5.74) is 5.86.